The molecule has 28 heavy (non-hydrogen) atoms. The molecule has 0 radical (unpaired) electrons. The zero-order chi connectivity index (χ0) is 20.1. The molecule has 3 rings (SSSR count). The highest BCUT2D eigenvalue weighted by Gasteiger charge is 2.36. The largest absolute Gasteiger partial charge is 0.465 e. The number of piperidine rings is 1. The first-order valence-electron chi connectivity index (χ1n) is 8.89. The Balaban J connectivity index is 1.64. The van der Waals surface area contributed by atoms with Crippen LogP contribution in [-0.2, 0) is 26.0 Å². The van der Waals surface area contributed by atoms with Gasteiger partial charge in [0.25, 0.3) is 0 Å². The van der Waals surface area contributed by atoms with Crippen molar-refractivity contribution in [1.82, 2.24) is 9.62 Å². The normalized spacial score (nSPS) is 18.0. The molecule has 7 nitrogen and oxygen atoms in total. The standard InChI is InChI=1S/C18H22N2O5S3/c1-25-18(22)16-15(7-11-27-16)28(23,24)20-9-2-4-13(12-20)17(21)19-8-6-14-5-3-10-26-14/h3,5,7,10-11,13H,2,4,6,8-9,12H2,1H3,(H,19,21). The molecule has 152 valence electrons. The highest BCUT2D eigenvalue weighted by Crippen LogP contribution is 2.29. The highest BCUT2D eigenvalue weighted by atomic mass is 32.2. The smallest absolute Gasteiger partial charge is 0.349 e. The number of esters is 1. The molecule has 0 saturated carbocycles. The molecule has 10 heteroatoms. The molecule has 1 N–H and O–H groups in total. The Morgan fingerprint density at radius 3 is 2.82 bits per heavy atom. The summed E-state index contributed by atoms with van der Waals surface area (Å²) in [4.78, 5) is 25.6. The van der Waals surface area contributed by atoms with Crippen LogP contribution in [0.15, 0.2) is 33.9 Å². The van der Waals surface area contributed by atoms with Crippen molar-refractivity contribution in [2.75, 3.05) is 26.7 Å². The number of sulfonamides is 1. The molecule has 1 saturated heterocycles. The molecule has 2 aromatic heterocycles. The molecule has 1 fully saturated rings. The van der Waals surface area contributed by atoms with Gasteiger partial charge < -0.3 is 10.1 Å². The van der Waals surface area contributed by atoms with Gasteiger partial charge in [-0.05, 0) is 42.2 Å². The van der Waals surface area contributed by atoms with Crippen LogP contribution in [0.4, 0.5) is 0 Å². The van der Waals surface area contributed by atoms with Gasteiger partial charge >= 0.3 is 5.97 Å². The summed E-state index contributed by atoms with van der Waals surface area (Å²) >= 11 is 2.67. The fourth-order valence-corrected chi connectivity index (χ4v) is 6.70. The Bertz CT molecular complexity index is 921. The Kier molecular flexibility index (Phi) is 6.86. The first-order chi connectivity index (χ1) is 13.4. The van der Waals surface area contributed by atoms with Crippen LogP contribution in [0.5, 0.6) is 0 Å². The predicted octanol–water partition coefficient (Wildman–Crippen LogP) is 2.36. The number of thiophene rings is 2. The minimum absolute atomic E-state index is 0.0527. The molecular weight excluding hydrogens is 420 g/mol. The Morgan fingerprint density at radius 1 is 1.29 bits per heavy atom. The number of hydrogen-bond acceptors (Lipinski definition) is 7. The van der Waals surface area contributed by atoms with E-state index in [1.807, 2.05) is 17.5 Å². The fourth-order valence-electron chi connectivity index (χ4n) is 3.16. The van der Waals surface area contributed by atoms with Gasteiger partial charge in [-0.25, -0.2) is 13.2 Å². The van der Waals surface area contributed by atoms with Crippen molar-refractivity contribution in [2.45, 2.75) is 24.2 Å². The Morgan fingerprint density at radius 2 is 2.11 bits per heavy atom. The van der Waals surface area contributed by atoms with Crippen molar-refractivity contribution in [2.24, 2.45) is 5.92 Å². The van der Waals surface area contributed by atoms with E-state index >= 15 is 0 Å². The molecular formula is C18H22N2O5S3. The summed E-state index contributed by atoms with van der Waals surface area (Å²) in [5.41, 5.74) is 0. The lowest BCUT2D eigenvalue weighted by Gasteiger charge is -2.31. The first kappa shape index (κ1) is 21.0. The van der Waals surface area contributed by atoms with Gasteiger partial charge in [-0.2, -0.15) is 4.31 Å². The lowest BCUT2D eigenvalue weighted by molar-refractivity contribution is -0.126. The van der Waals surface area contributed by atoms with Crippen molar-refractivity contribution in [1.29, 1.82) is 0 Å². The average molecular weight is 443 g/mol. The topological polar surface area (TPSA) is 92.8 Å². The van der Waals surface area contributed by atoms with E-state index in [0.717, 1.165) is 17.8 Å². The zero-order valence-electron chi connectivity index (χ0n) is 15.4. The van der Waals surface area contributed by atoms with E-state index in [9.17, 15) is 18.0 Å². The van der Waals surface area contributed by atoms with Crippen LogP contribution < -0.4 is 5.32 Å². The SMILES string of the molecule is COC(=O)c1sccc1S(=O)(=O)N1CCCC(C(=O)NCCc2cccs2)C1. The van der Waals surface area contributed by atoms with E-state index in [1.54, 1.807) is 16.7 Å². The molecule has 3 heterocycles. The van der Waals surface area contributed by atoms with Gasteiger partial charge in [-0.1, -0.05) is 6.07 Å². The minimum atomic E-state index is -3.86. The number of rotatable bonds is 7. The summed E-state index contributed by atoms with van der Waals surface area (Å²) in [5, 5.41) is 6.46. The molecule has 2 aromatic rings. The van der Waals surface area contributed by atoms with Crippen LogP contribution in [-0.4, -0.2) is 51.3 Å². The van der Waals surface area contributed by atoms with Crippen molar-refractivity contribution in [3.63, 3.8) is 0 Å². The minimum Gasteiger partial charge on any atom is -0.465 e. The van der Waals surface area contributed by atoms with Crippen LogP contribution in [0.2, 0.25) is 0 Å². The van der Waals surface area contributed by atoms with Gasteiger partial charge in [0.15, 0.2) is 0 Å². The molecule has 1 aliphatic heterocycles. The van der Waals surface area contributed by atoms with Crippen molar-refractivity contribution in [3.8, 4) is 0 Å². The van der Waals surface area contributed by atoms with Gasteiger partial charge in [0.1, 0.15) is 9.77 Å². The monoisotopic (exact) mass is 442 g/mol. The molecule has 0 aliphatic carbocycles. The number of methoxy groups -OCH3 is 1. The molecule has 0 bridgehead atoms. The highest BCUT2D eigenvalue weighted by molar-refractivity contribution is 7.89. The summed E-state index contributed by atoms with van der Waals surface area (Å²) < 4.78 is 32.0. The quantitative estimate of drug-likeness (QED) is 0.665. The number of carbonyl (C=O) groups excluding carboxylic acids is 2. The van der Waals surface area contributed by atoms with Crippen LogP contribution in [0.1, 0.15) is 27.4 Å². The second-order valence-electron chi connectivity index (χ2n) is 6.43. The molecule has 0 aromatic carbocycles. The molecule has 1 aliphatic rings. The number of amides is 1. The first-order valence-corrected chi connectivity index (χ1v) is 12.1. The third-order valence-electron chi connectivity index (χ3n) is 4.62. The van der Waals surface area contributed by atoms with Gasteiger partial charge in [0, 0.05) is 24.5 Å². The van der Waals surface area contributed by atoms with Crippen molar-refractivity contribution >= 4 is 44.6 Å². The number of carbonyl (C=O) groups is 2. The maximum absolute atomic E-state index is 13.0. The molecule has 0 spiro atoms. The van der Waals surface area contributed by atoms with E-state index < -0.39 is 21.9 Å². The van der Waals surface area contributed by atoms with E-state index in [-0.39, 0.29) is 22.2 Å². The fraction of sp³-hybridized carbons (Fsp3) is 0.444. The zero-order valence-corrected chi connectivity index (χ0v) is 17.9. The van der Waals surface area contributed by atoms with E-state index in [1.165, 1.54) is 22.4 Å². The van der Waals surface area contributed by atoms with Gasteiger partial charge in [0.05, 0.1) is 13.0 Å². The second kappa shape index (κ2) is 9.17. The number of nitrogens with zero attached hydrogens (tertiary/aromatic N) is 1. The maximum atomic E-state index is 13.0. The van der Waals surface area contributed by atoms with Crippen LogP contribution in [0.3, 0.4) is 0 Å². The Labute approximate surface area is 172 Å². The van der Waals surface area contributed by atoms with Crippen LogP contribution in [0.25, 0.3) is 0 Å². The molecule has 1 unspecified atom stereocenters. The summed E-state index contributed by atoms with van der Waals surface area (Å²) in [6.07, 6.45) is 2.00. The summed E-state index contributed by atoms with van der Waals surface area (Å²) in [6.45, 7) is 0.973. The predicted molar refractivity (Wildman–Crippen MR) is 108 cm³/mol. The van der Waals surface area contributed by atoms with E-state index in [4.69, 9.17) is 0 Å². The van der Waals surface area contributed by atoms with E-state index in [2.05, 4.69) is 10.1 Å². The van der Waals surface area contributed by atoms with Gasteiger partial charge in [0.2, 0.25) is 15.9 Å². The average Bonchev–Trinajstić information content (AvgIpc) is 3.39. The number of nitrogens with one attached hydrogen (secondary N) is 1. The molecule has 1 atom stereocenters. The van der Waals surface area contributed by atoms with Gasteiger partial charge in [-0.15, -0.1) is 22.7 Å². The lowest BCUT2D eigenvalue weighted by atomic mass is 9.99. The van der Waals surface area contributed by atoms with Crippen LogP contribution >= 0.6 is 22.7 Å². The lowest BCUT2D eigenvalue weighted by Crippen LogP contribution is -2.45. The van der Waals surface area contributed by atoms with Gasteiger partial charge in [-0.3, -0.25) is 4.79 Å². The van der Waals surface area contributed by atoms with Crippen molar-refractivity contribution in [3.05, 3.63) is 38.7 Å². The third-order valence-corrected chi connectivity index (χ3v) is 8.49. The summed E-state index contributed by atoms with van der Waals surface area (Å²) in [6, 6.07) is 5.40. The second-order valence-corrected chi connectivity index (χ2v) is 10.3. The number of ether oxygens (including phenoxy) is 1. The number of hydrogen-bond donors (Lipinski definition) is 1. The summed E-state index contributed by atoms with van der Waals surface area (Å²) in [7, 11) is -2.64. The Hall–Kier alpha value is -1.75. The third kappa shape index (κ3) is 4.62. The van der Waals surface area contributed by atoms with E-state index in [0.29, 0.717) is 25.9 Å². The molecule has 1 amide bonds. The summed E-state index contributed by atoms with van der Waals surface area (Å²) in [5.74, 6) is -1.20. The van der Waals surface area contributed by atoms with Crippen molar-refractivity contribution < 1.29 is 22.7 Å². The van der Waals surface area contributed by atoms with Crippen LogP contribution in [0, 0.1) is 5.92 Å². The maximum Gasteiger partial charge on any atom is 0.349 e.